The van der Waals surface area contributed by atoms with Gasteiger partial charge in [-0.3, -0.25) is 14.6 Å². The molecular formula is C13H11ClN2O3. The fourth-order valence-corrected chi connectivity index (χ4v) is 1.78. The molecule has 0 spiro atoms. The minimum Gasteiger partial charge on any atom is -0.494 e. The second-order valence-corrected chi connectivity index (χ2v) is 4.30. The van der Waals surface area contributed by atoms with E-state index < -0.39 is 11.5 Å². The Balaban J connectivity index is 2.10. The highest BCUT2D eigenvalue weighted by molar-refractivity contribution is 6.31. The summed E-state index contributed by atoms with van der Waals surface area (Å²) in [6.45, 7) is 0.242. The Morgan fingerprint density at radius 1 is 1.32 bits per heavy atom. The molecule has 2 aromatic rings. The van der Waals surface area contributed by atoms with Crippen molar-refractivity contribution in [3.8, 4) is 5.88 Å². The highest BCUT2D eigenvalue weighted by Crippen LogP contribution is 2.14. The summed E-state index contributed by atoms with van der Waals surface area (Å²) in [4.78, 5) is 25.1. The molecule has 1 amide bonds. The molecule has 0 unspecified atom stereocenters. The Kier molecular flexibility index (Phi) is 3.87. The molecule has 1 aromatic carbocycles. The molecule has 0 saturated carbocycles. The number of hydrogen-bond acceptors (Lipinski definition) is 3. The molecular weight excluding hydrogens is 268 g/mol. The molecule has 98 valence electrons. The summed E-state index contributed by atoms with van der Waals surface area (Å²) >= 11 is 5.96. The van der Waals surface area contributed by atoms with Gasteiger partial charge in [0.2, 0.25) is 0 Å². The van der Waals surface area contributed by atoms with Crippen LogP contribution in [0.5, 0.6) is 5.88 Å². The maximum absolute atomic E-state index is 11.8. The molecule has 0 aliphatic heterocycles. The van der Waals surface area contributed by atoms with Gasteiger partial charge in [0.1, 0.15) is 0 Å². The number of aromatic hydroxyl groups is 1. The van der Waals surface area contributed by atoms with E-state index in [0.29, 0.717) is 5.02 Å². The van der Waals surface area contributed by atoms with E-state index in [0.717, 1.165) is 11.6 Å². The third-order valence-electron chi connectivity index (χ3n) is 2.49. The molecule has 0 atom stereocenters. The number of pyridine rings is 1. The molecule has 19 heavy (non-hydrogen) atoms. The van der Waals surface area contributed by atoms with Crippen molar-refractivity contribution in [1.82, 2.24) is 10.3 Å². The van der Waals surface area contributed by atoms with E-state index in [1.54, 1.807) is 18.2 Å². The zero-order valence-electron chi connectivity index (χ0n) is 9.81. The third-order valence-corrected chi connectivity index (χ3v) is 2.86. The largest absolute Gasteiger partial charge is 0.494 e. The monoisotopic (exact) mass is 278 g/mol. The summed E-state index contributed by atoms with van der Waals surface area (Å²) in [6, 6.07) is 9.42. The van der Waals surface area contributed by atoms with Crippen LogP contribution in [0, 0.1) is 0 Å². The van der Waals surface area contributed by atoms with Crippen LogP contribution < -0.4 is 10.9 Å². The first kappa shape index (κ1) is 13.2. The molecule has 0 bridgehead atoms. The van der Waals surface area contributed by atoms with Crippen LogP contribution in [0.2, 0.25) is 5.02 Å². The van der Waals surface area contributed by atoms with Gasteiger partial charge in [0.15, 0.2) is 5.88 Å². The van der Waals surface area contributed by atoms with Crippen molar-refractivity contribution >= 4 is 17.5 Å². The van der Waals surface area contributed by atoms with Gasteiger partial charge >= 0.3 is 0 Å². The smallest absolute Gasteiger partial charge is 0.251 e. The van der Waals surface area contributed by atoms with Crippen LogP contribution in [0.15, 0.2) is 41.2 Å². The molecule has 0 aliphatic rings. The van der Waals surface area contributed by atoms with Gasteiger partial charge in [-0.15, -0.1) is 0 Å². The van der Waals surface area contributed by atoms with Crippen molar-refractivity contribution in [3.63, 3.8) is 0 Å². The predicted octanol–water partition coefficient (Wildman–Crippen LogP) is 1.66. The van der Waals surface area contributed by atoms with Crippen LogP contribution in [0.25, 0.3) is 0 Å². The van der Waals surface area contributed by atoms with Crippen molar-refractivity contribution in [2.75, 3.05) is 0 Å². The molecule has 5 nitrogen and oxygen atoms in total. The zero-order chi connectivity index (χ0) is 13.8. The molecule has 0 fully saturated rings. The molecule has 3 N–H and O–H groups in total. The first-order valence-electron chi connectivity index (χ1n) is 5.51. The molecule has 2 rings (SSSR count). The van der Waals surface area contributed by atoms with Gasteiger partial charge in [0.05, 0.1) is 5.56 Å². The average Bonchev–Trinajstić information content (AvgIpc) is 2.36. The van der Waals surface area contributed by atoms with Gasteiger partial charge in [0, 0.05) is 23.7 Å². The quantitative estimate of drug-likeness (QED) is 0.799. The van der Waals surface area contributed by atoms with E-state index in [-0.39, 0.29) is 18.0 Å². The first-order valence-corrected chi connectivity index (χ1v) is 5.89. The van der Waals surface area contributed by atoms with Crippen molar-refractivity contribution in [2.24, 2.45) is 0 Å². The summed E-state index contributed by atoms with van der Waals surface area (Å²) in [5.74, 6) is -0.809. The van der Waals surface area contributed by atoms with E-state index in [2.05, 4.69) is 10.3 Å². The lowest BCUT2D eigenvalue weighted by Gasteiger charge is -2.06. The Morgan fingerprint density at radius 3 is 2.74 bits per heavy atom. The van der Waals surface area contributed by atoms with E-state index in [4.69, 9.17) is 11.6 Å². The Bertz CT molecular complexity index is 667. The Hall–Kier alpha value is -2.27. The van der Waals surface area contributed by atoms with Crippen molar-refractivity contribution < 1.29 is 9.90 Å². The summed E-state index contributed by atoms with van der Waals surface area (Å²) in [5.41, 5.74) is 0.322. The number of nitrogens with one attached hydrogen (secondary N) is 2. The van der Waals surface area contributed by atoms with Crippen LogP contribution in [-0.2, 0) is 6.54 Å². The van der Waals surface area contributed by atoms with Gasteiger partial charge in [-0.25, -0.2) is 0 Å². The van der Waals surface area contributed by atoms with Gasteiger partial charge in [-0.2, -0.15) is 0 Å². The number of carbonyl (C=O) groups is 1. The van der Waals surface area contributed by atoms with Crippen molar-refractivity contribution in [2.45, 2.75) is 6.54 Å². The van der Waals surface area contributed by atoms with Crippen LogP contribution >= 0.6 is 11.6 Å². The Labute approximate surface area is 113 Å². The topological polar surface area (TPSA) is 82.2 Å². The first-order chi connectivity index (χ1) is 9.06. The van der Waals surface area contributed by atoms with E-state index in [1.165, 1.54) is 6.07 Å². The summed E-state index contributed by atoms with van der Waals surface area (Å²) in [5, 5.41) is 12.4. The number of hydrogen-bond donors (Lipinski definition) is 3. The number of aromatic nitrogens is 1. The molecule has 6 heteroatoms. The second kappa shape index (κ2) is 5.58. The third kappa shape index (κ3) is 3.35. The van der Waals surface area contributed by atoms with Gasteiger partial charge in [0.25, 0.3) is 11.5 Å². The minimum absolute atomic E-state index is 0.0910. The zero-order valence-corrected chi connectivity index (χ0v) is 10.6. The fourth-order valence-electron chi connectivity index (χ4n) is 1.58. The second-order valence-electron chi connectivity index (χ2n) is 3.89. The van der Waals surface area contributed by atoms with Gasteiger partial charge in [-0.1, -0.05) is 29.8 Å². The predicted molar refractivity (Wildman–Crippen MR) is 71.3 cm³/mol. The lowest BCUT2D eigenvalue weighted by molar-refractivity contribution is 0.0950. The number of rotatable bonds is 3. The minimum atomic E-state index is -0.539. The molecule has 1 aromatic heterocycles. The normalized spacial score (nSPS) is 10.2. The van der Waals surface area contributed by atoms with Gasteiger partial charge in [-0.05, 0) is 11.6 Å². The van der Waals surface area contributed by atoms with E-state index >= 15 is 0 Å². The molecule has 0 radical (unpaired) electrons. The van der Waals surface area contributed by atoms with Crippen LogP contribution in [0.1, 0.15) is 15.9 Å². The van der Waals surface area contributed by atoms with Crippen molar-refractivity contribution in [1.29, 1.82) is 0 Å². The number of amides is 1. The van der Waals surface area contributed by atoms with E-state index in [9.17, 15) is 14.7 Å². The van der Waals surface area contributed by atoms with Crippen LogP contribution in [-0.4, -0.2) is 16.0 Å². The number of halogens is 1. The lowest BCUT2D eigenvalue weighted by Crippen LogP contribution is -2.24. The van der Waals surface area contributed by atoms with Crippen molar-refractivity contribution in [3.05, 3.63) is 62.9 Å². The average molecular weight is 279 g/mol. The van der Waals surface area contributed by atoms with E-state index in [1.807, 2.05) is 6.07 Å². The summed E-state index contributed by atoms with van der Waals surface area (Å²) < 4.78 is 0. The maximum Gasteiger partial charge on any atom is 0.251 e. The fraction of sp³-hybridized carbons (Fsp3) is 0.0769. The highest BCUT2D eigenvalue weighted by Gasteiger charge is 2.08. The number of H-pyrrole nitrogens is 1. The number of carbonyl (C=O) groups excluding carboxylic acids is 1. The standard InChI is InChI=1S/C13H11ClN2O3/c14-10-4-2-1-3-8(10)7-15-13(19)9-5-11(17)16-12(18)6-9/h1-6H,7H2,(H,15,19)(H2,16,17,18). The molecule has 1 heterocycles. The SMILES string of the molecule is O=C(NCc1ccccc1Cl)c1cc(O)[nH]c(=O)c1. The number of aromatic amines is 1. The van der Waals surface area contributed by atoms with Crippen LogP contribution in [0.4, 0.5) is 0 Å². The number of benzene rings is 1. The lowest BCUT2D eigenvalue weighted by atomic mass is 10.2. The van der Waals surface area contributed by atoms with Crippen LogP contribution in [0.3, 0.4) is 0 Å². The highest BCUT2D eigenvalue weighted by atomic mass is 35.5. The molecule has 0 aliphatic carbocycles. The van der Waals surface area contributed by atoms with Gasteiger partial charge < -0.3 is 10.4 Å². The maximum atomic E-state index is 11.8. The Morgan fingerprint density at radius 2 is 2.05 bits per heavy atom. The summed E-state index contributed by atoms with van der Waals surface area (Å²) in [7, 11) is 0. The summed E-state index contributed by atoms with van der Waals surface area (Å²) in [6.07, 6.45) is 0. The molecule has 0 saturated heterocycles.